The molecule has 1 aromatic rings. The van der Waals surface area contributed by atoms with Gasteiger partial charge in [-0.05, 0) is 43.6 Å². The largest absolute Gasteiger partial charge is 0.328 e. The third-order valence-electron chi connectivity index (χ3n) is 3.35. The predicted molar refractivity (Wildman–Crippen MR) is 88.3 cm³/mol. The summed E-state index contributed by atoms with van der Waals surface area (Å²) in [6, 6.07) is 10.2. The number of nitriles is 1. The number of nitrogens with two attached hydrogens (primary N) is 1. The molecular weight excluding hydrogens is 293 g/mol. The first-order valence-corrected chi connectivity index (χ1v) is 6.42. The highest BCUT2D eigenvalue weighted by molar-refractivity contribution is 5.85. The van der Waals surface area contributed by atoms with E-state index in [1.165, 1.54) is 0 Å². The van der Waals surface area contributed by atoms with Crippen LogP contribution in [-0.4, -0.2) is 30.6 Å². The van der Waals surface area contributed by atoms with Crippen LogP contribution >= 0.6 is 24.8 Å². The number of hydrogen-bond donors (Lipinski definition) is 1. The van der Waals surface area contributed by atoms with E-state index in [1.54, 1.807) is 0 Å². The standard InChI is InChI=1S/C15H19N3.2ClH/c16-12-14-5-3-13(4-6-14)2-1-9-18-10-7-15(17)8-11-18;;/h1-6,15H,7-11,17H2;2*1H/b2-1+;;. The topological polar surface area (TPSA) is 53.0 Å². The van der Waals surface area contributed by atoms with Crippen molar-refractivity contribution in [3.05, 3.63) is 41.5 Å². The second kappa shape index (κ2) is 9.79. The van der Waals surface area contributed by atoms with Gasteiger partial charge in [-0.1, -0.05) is 24.3 Å². The monoisotopic (exact) mass is 313 g/mol. The summed E-state index contributed by atoms with van der Waals surface area (Å²) in [5.41, 5.74) is 7.72. The molecule has 0 aromatic heterocycles. The summed E-state index contributed by atoms with van der Waals surface area (Å²) in [4.78, 5) is 2.42. The number of benzene rings is 1. The number of piperidine rings is 1. The molecule has 110 valence electrons. The minimum absolute atomic E-state index is 0. The van der Waals surface area contributed by atoms with E-state index in [-0.39, 0.29) is 24.8 Å². The molecule has 1 heterocycles. The van der Waals surface area contributed by atoms with Gasteiger partial charge in [-0.2, -0.15) is 5.26 Å². The average molecular weight is 314 g/mol. The van der Waals surface area contributed by atoms with Gasteiger partial charge in [0, 0.05) is 12.6 Å². The second-order valence-corrected chi connectivity index (χ2v) is 4.77. The summed E-state index contributed by atoms with van der Waals surface area (Å²) in [6.45, 7) is 3.17. The molecule has 1 saturated heterocycles. The molecule has 1 aliphatic rings. The molecule has 5 heteroatoms. The number of nitrogens with zero attached hydrogens (tertiary/aromatic N) is 2. The highest BCUT2D eigenvalue weighted by Crippen LogP contribution is 2.09. The van der Waals surface area contributed by atoms with Crippen LogP contribution in [-0.2, 0) is 0 Å². The fraction of sp³-hybridized carbons (Fsp3) is 0.400. The molecule has 0 spiro atoms. The zero-order valence-corrected chi connectivity index (χ0v) is 13.0. The first kappa shape index (κ1) is 18.9. The maximum atomic E-state index is 8.71. The van der Waals surface area contributed by atoms with Crippen molar-refractivity contribution < 1.29 is 0 Å². The SMILES string of the molecule is Cl.Cl.N#Cc1ccc(/C=C/CN2CCC(N)CC2)cc1. The van der Waals surface area contributed by atoms with E-state index in [0.717, 1.165) is 38.0 Å². The first-order chi connectivity index (χ1) is 8.78. The summed E-state index contributed by atoms with van der Waals surface area (Å²) in [5.74, 6) is 0. The van der Waals surface area contributed by atoms with Crippen LogP contribution in [0, 0.1) is 11.3 Å². The average Bonchev–Trinajstić information content (AvgIpc) is 2.42. The Morgan fingerprint density at radius 3 is 2.35 bits per heavy atom. The van der Waals surface area contributed by atoms with Crippen LogP contribution in [0.2, 0.25) is 0 Å². The molecule has 0 bridgehead atoms. The molecule has 0 amide bonds. The van der Waals surface area contributed by atoms with Crippen molar-refractivity contribution in [1.29, 1.82) is 5.26 Å². The van der Waals surface area contributed by atoms with Gasteiger partial charge in [0.05, 0.1) is 11.6 Å². The maximum absolute atomic E-state index is 8.71. The lowest BCUT2D eigenvalue weighted by Gasteiger charge is -2.28. The molecule has 2 rings (SSSR count). The van der Waals surface area contributed by atoms with E-state index in [4.69, 9.17) is 11.0 Å². The summed E-state index contributed by atoms with van der Waals surface area (Å²) < 4.78 is 0. The van der Waals surface area contributed by atoms with Gasteiger partial charge in [0.25, 0.3) is 0 Å². The molecule has 0 radical (unpaired) electrons. The number of rotatable bonds is 3. The Kier molecular flexibility index (Phi) is 9.28. The van der Waals surface area contributed by atoms with Crippen molar-refractivity contribution in [2.45, 2.75) is 18.9 Å². The van der Waals surface area contributed by atoms with Crippen LogP contribution in [0.3, 0.4) is 0 Å². The van der Waals surface area contributed by atoms with E-state index in [0.29, 0.717) is 11.6 Å². The minimum Gasteiger partial charge on any atom is -0.328 e. The third-order valence-corrected chi connectivity index (χ3v) is 3.35. The number of halogens is 2. The molecule has 20 heavy (non-hydrogen) atoms. The van der Waals surface area contributed by atoms with Crippen molar-refractivity contribution in [1.82, 2.24) is 4.90 Å². The van der Waals surface area contributed by atoms with Gasteiger partial charge in [0.1, 0.15) is 0 Å². The van der Waals surface area contributed by atoms with Crippen molar-refractivity contribution in [3.63, 3.8) is 0 Å². The van der Waals surface area contributed by atoms with E-state index >= 15 is 0 Å². The van der Waals surface area contributed by atoms with Crippen molar-refractivity contribution in [2.75, 3.05) is 19.6 Å². The first-order valence-electron chi connectivity index (χ1n) is 6.42. The molecule has 1 aliphatic heterocycles. The summed E-state index contributed by atoms with van der Waals surface area (Å²) in [7, 11) is 0. The Bertz CT molecular complexity index is 443. The van der Waals surface area contributed by atoms with Crippen LogP contribution in [0.25, 0.3) is 6.08 Å². The molecule has 3 nitrogen and oxygen atoms in total. The Balaban J connectivity index is 0.00000180. The second-order valence-electron chi connectivity index (χ2n) is 4.77. The van der Waals surface area contributed by atoms with E-state index in [2.05, 4.69) is 23.1 Å². The zero-order chi connectivity index (χ0) is 12.8. The predicted octanol–water partition coefficient (Wildman–Crippen LogP) is 2.84. The Morgan fingerprint density at radius 2 is 1.80 bits per heavy atom. The van der Waals surface area contributed by atoms with Gasteiger partial charge in [-0.15, -0.1) is 24.8 Å². The summed E-state index contributed by atoms with van der Waals surface area (Å²) in [5, 5.41) is 8.71. The third kappa shape index (κ3) is 5.94. The summed E-state index contributed by atoms with van der Waals surface area (Å²) >= 11 is 0. The fourth-order valence-corrected chi connectivity index (χ4v) is 2.14. The van der Waals surface area contributed by atoms with Crippen LogP contribution in [0.15, 0.2) is 30.3 Å². The lowest BCUT2D eigenvalue weighted by molar-refractivity contribution is 0.234. The zero-order valence-electron chi connectivity index (χ0n) is 11.4. The van der Waals surface area contributed by atoms with E-state index in [9.17, 15) is 0 Å². The molecule has 2 N–H and O–H groups in total. The molecule has 1 aromatic carbocycles. The Labute approximate surface area is 133 Å². The minimum atomic E-state index is 0. The van der Waals surface area contributed by atoms with Crippen molar-refractivity contribution in [2.24, 2.45) is 5.73 Å². The number of likely N-dealkylation sites (tertiary alicyclic amines) is 1. The van der Waals surface area contributed by atoms with Crippen LogP contribution < -0.4 is 5.73 Å². The highest BCUT2D eigenvalue weighted by atomic mass is 35.5. The lowest BCUT2D eigenvalue weighted by atomic mass is 10.1. The van der Waals surface area contributed by atoms with E-state index < -0.39 is 0 Å². The van der Waals surface area contributed by atoms with Crippen LogP contribution in [0.1, 0.15) is 24.0 Å². The van der Waals surface area contributed by atoms with Crippen molar-refractivity contribution in [3.8, 4) is 6.07 Å². The Hall–Kier alpha value is -1.05. The summed E-state index contributed by atoms with van der Waals surface area (Å²) in [6.07, 6.45) is 6.49. The van der Waals surface area contributed by atoms with Crippen LogP contribution in [0.4, 0.5) is 0 Å². The van der Waals surface area contributed by atoms with Crippen LogP contribution in [0.5, 0.6) is 0 Å². The van der Waals surface area contributed by atoms with Gasteiger partial charge >= 0.3 is 0 Å². The highest BCUT2D eigenvalue weighted by Gasteiger charge is 2.14. The maximum Gasteiger partial charge on any atom is 0.0991 e. The fourth-order valence-electron chi connectivity index (χ4n) is 2.14. The van der Waals surface area contributed by atoms with Gasteiger partial charge in [-0.25, -0.2) is 0 Å². The lowest BCUT2D eigenvalue weighted by Crippen LogP contribution is -2.39. The quantitative estimate of drug-likeness (QED) is 0.933. The van der Waals surface area contributed by atoms with E-state index in [1.807, 2.05) is 24.3 Å². The van der Waals surface area contributed by atoms with Gasteiger partial charge in [0.15, 0.2) is 0 Å². The molecule has 0 saturated carbocycles. The molecule has 0 unspecified atom stereocenters. The molecule has 1 fully saturated rings. The molecular formula is C15H21Cl2N3. The van der Waals surface area contributed by atoms with Gasteiger partial charge in [-0.3, -0.25) is 4.90 Å². The van der Waals surface area contributed by atoms with Gasteiger partial charge < -0.3 is 5.73 Å². The van der Waals surface area contributed by atoms with Crippen molar-refractivity contribution >= 4 is 30.9 Å². The molecule has 0 atom stereocenters. The van der Waals surface area contributed by atoms with Gasteiger partial charge in [0.2, 0.25) is 0 Å². The Morgan fingerprint density at radius 1 is 1.20 bits per heavy atom. The number of hydrogen-bond acceptors (Lipinski definition) is 3. The smallest absolute Gasteiger partial charge is 0.0991 e. The normalized spacial score (nSPS) is 16.2. The molecule has 0 aliphatic carbocycles.